The second-order valence-electron chi connectivity index (χ2n) is 7.20. The van der Waals surface area contributed by atoms with E-state index in [1.54, 1.807) is 6.07 Å². The Morgan fingerprint density at radius 3 is 2.35 bits per heavy atom. The number of nitrogens with one attached hydrogen (secondary N) is 2. The number of rotatable bonds is 5. The topological polar surface area (TPSA) is 82.8 Å². The van der Waals surface area contributed by atoms with Crippen molar-refractivity contribution in [3.05, 3.63) is 72.3 Å². The molecule has 0 saturated carbocycles. The van der Waals surface area contributed by atoms with Gasteiger partial charge in [-0.25, -0.2) is 0 Å². The number of thiol groups is 1. The van der Waals surface area contributed by atoms with Crippen LogP contribution in [-0.2, 0) is 6.54 Å². The van der Waals surface area contributed by atoms with Crippen molar-refractivity contribution in [3.8, 4) is 11.5 Å². The number of phenolic OH excluding ortho intramolecular Hbond substituents is 1. The molecule has 0 aliphatic carbocycles. The summed E-state index contributed by atoms with van der Waals surface area (Å²) in [4.78, 5) is 3.29. The van der Waals surface area contributed by atoms with E-state index in [0.29, 0.717) is 12.3 Å². The van der Waals surface area contributed by atoms with Crippen LogP contribution in [0.4, 0.5) is 17.1 Å². The average molecular weight is 439 g/mol. The van der Waals surface area contributed by atoms with E-state index in [1.807, 2.05) is 48.5 Å². The minimum Gasteiger partial charge on any atom is -0.504 e. The van der Waals surface area contributed by atoms with Gasteiger partial charge in [0.15, 0.2) is 11.5 Å². The number of hydrogen-bond donors (Lipinski definition) is 5. The minimum absolute atomic E-state index is 0.179. The molecule has 3 aromatic carbocycles. The maximum Gasteiger partial charge on any atom is 0.162 e. The third-order valence-corrected chi connectivity index (χ3v) is 5.33. The standard InChI is InChI=1S/C14H15NO2S.C10H15N3/c1-17-13-4-2-3-10(14(13)16)9-15-11-5-7-12(18)8-6-11;11-9-1-3-10(4-2-9)13-7-5-12-6-8-13/h2-8,15-16,18H,9H2,1H3;1-4,12H,5-8,11H2. The van der Waals surface area contributed by atoms with Gasteiger partial charge in [-0.15, -0.1) is 12.6 Å². The van der Waals surface area contributed by atoms with Crippen LogP contribution in [0, 0.1) is 0 Å². The van der Waals surface area contributed by atoms with Crippen LogP contribution in [0.5, 0.6) is 11.5 Å². The molecule has 3 aromatic rings. The van der Waals surface area contributed by atoms with Gasteiger partial charge in [0.2, 0.25) is 0 Å². The maximum atomic E-state index is 9.93. The molecule has 31 heavy (non-hydrogen) atoms. The number of hydrogen-bond acceptors (Lipinski definition) is 7. The Balaban J connectivity index is 0.000000185. The van der Waals surface area contributed by atoms with Crippen LogP contribution in [0.25, 0.3) is 0 Å². The lowest BCUT2D eigenvalue weighted by Crippen LogP contribution is -2.43. The number of aromatic hydroxyl groups is 1. The van der Waals surface area contributed by atoms with Crippen molar-refractivity contribution < 1.29 is 9.84 Å². The Hall–Kier alpha value is -3.03. The highest BCUT2D eigenvalue weighted by molar-refractivity contribution is 7.80. The first-order chi connectivity index (χ1) is 15.1. The van der Waals surface area contributed by atoms with E-state index in [9.17, 15) is 5.11 Å². The lowest BCUT2D eigenvalue weighted by molar-refractivity contribution is 0.371. The molecule has 0 bridgehead atoms. The molecule has 0 spiro atoms. The van der Waals surface area contributed by atoms with E-state index < -0.39 is 0 Å². The number of nitrogens with two attached hydrogens (primary N) is 1. The van der Waals surface area contributed by atoms with Gasteiger partial charge in [-0.2, -0.15) is 0 Å². The van der Waals surface area contributed by atoms with E-state index in [4.69, 9.17) is 10.5 Å². The Morgan fingerprint density at radius 2 is 1.71 bits per heavy atom. The van der Waals surface area contributed by atoms with Crippen molar-refractivity contribution in [2.75, 3.05) is 49.2 Å². The van der Waals surface area contributed by atoms with Crippen molar-refractivity contribution in [3.63, 3.8) is 0 Å². The second-order valence-corrected chi connectivity index (χ2v) is 7.71. The van der Waals surface area contributed by atoms with Crippen molar-refractivity contribution in [1.82, 2.24) is 5.32 Å². The highest BCUT2D eigenvalue weighted by atomic mass is 32.1. The SMILES string of the molecule is COc1cccc(CNc2ccc(S)cc2)c1O.Nc1ccc(N2CCNCC2)cc1. The lowest BCUT2D eigenvalue weighted by Gasteiger charge is -2.29. The van der Waals surface area contributed by atoms with Crippen LogP contribution >= 0.6 is 12.6 Å². The normalized spacial score (nSPS) is 13.2. The first-order valence-corrected chi connectivity index (χ1v) is 10.7. The maximum absolute atomic E-state index is 9.93. The van der Waals surface area contributed by atoms with Crippen molar-refractivity contribution in [1.29, 1.82) is 0 Å². The lowest BCUT2D eigenvalue weighted by atomic mass is 10.2. The third kappa shape index (κ3) is 6.73. The first-order valence-electron chi connectivity index (χ1n) is 10.3. The largest absolute Gasteiger partial charge is 0.504 e. The predicted molar refractivity (Wildman–Crippen MR) is 132 cm³/mol. The summed E-state index contributed by atoms with van der Waals surface area (Å²) < 4.78 is 5.07. The summed E-state index contributed by atoms with van der Waals surface area (Å²) in [6, 6.07) is 21.2. The van der Waals surface area contributed by atoms with Gasteiger partial charge in [0.05, 0.1) is 7.11 Å². The van der Waals surface area contributed by atoms with Crippen LogP contribution in [0.15, 0.2) is 71.6 Å². The number of phenols is 1. The van der Waals surface area contributed by atoms with Crippen molar-refractivity contribution in [2.24, 2.45) is 0 Å². The van der Waals surface area contributed by atoms with Crippen LogP contribution in [0.1, 0.15) is 5.56 Å². The first kappa shape index (κ1) is 22.7. The van der Waals surface area contributed by atoms with Crippen molar-refractivity contribution >= 4 is 29.7 Å². The molecule has 6 nitrogen and oxygen atoms in total. The van der Waals surface area contributed by atoms with Gasteiger partial charge in [-0.3, -0.25) is 0 Å². The summed E-state index contributed by atoms with van der Waals surface area (Å²) in [5.41, 5.74) is 9.51. The Morgan fingerprint density at radius 1 is 1.03 bits per heavy atom. The second kappa shape index (κ2) is 11.4. The molecule has 0 atom stereocenters. The fourth-order valence-electron chi connectivity index (χ4n) is 3.26. The Bertz CT molecular complexity index is 943. The smallest absolute Gasteiger partial charge is 0.162 e. The Kier molecular flexibility index (Phi) is 8.32. The van der Waals surface area contributed by atoms with Gasteiger partial charge in [0.25, 0.3) is 0 Å². The monoisotopic (exact) mass is 438 g/mol. The molecule has 164 valence electrons. The van der Waals surface area contributed by atoms with Crippen LogP contribution in [-0.4, -0.2) is 38.4 Å². The van der Waals surface area contributed by atoms with Crippen LogP contribution < -0.4 is 26.0 Å². The highest BCUT2D eigenvalue weighted by Gasteiger charge is 2.09. The summed E-state index contributed by atoms with van der Waals surface area (Å²) in [7, 11) is 1.54. The molecule has 0 amide bonds. The fraction of sp³-hybridized carbons (Fsp3) is 0.250. The highest BCUT2D eigenvalue weighted by Crippen LogP contribution is 2.29. The summed E-state index contributed by atoms with van der Waals surface area (Å²) in [5, 5.41) is 16.5. The summed E-state index contributed by atoms with van der Waals surface area (Å²) in [6.07, 6.45) is 0. The summed E-state index contributed by atoms with van der Waals surface area (Å²) in [6.45, 7) is 4.86. The van der Waals surface area contributed by atoms with Gasteiger partial charge in [-0.05, 0) is 54.6 Å². The van der Waals surface area contributed by atoms with Gasteiger partial charge in [0, 0.05) is 60.2 Å². The molecular formula is C24H30N4O2S. The molecule has 7 heteroatoms. The van der Waals surface area contributed by atoms with Crippen LogP contribution in [0.2, 0.25) is 0 Å². The molecule has 1 fully saturated rings. The zero-order valence-electron chi connectivity index (χ0n) is 17.7. The molecule has 0 unspecified atom stereocenters. The van der Waals surface area contributed by atoms with Crippen molar-refractivity contribution in [2.45, 2.75) is 11.4 Å². The summed E-state index contributed by atoms with van der Waals surface area (Å²) in [5.74, 6) is 0.665. The molecule has 1 aliphatic rings. The number of nitrogens with zero attached hydrogens (tertiary/aromatic N) is 1. The zero-order valence-corrected chi connectivity index (χ0v) is 18.6. The quantitative estimate of drug-likeness (QED) is 0.306. The molecule has 0 aromatic heterocycles. The van der Waals surface area contributed by atoms with E-state index in [-0.39, 0.29) is 5.75 Å². The summed E-state index contributed by atoms with van der Waals surface area (Å²) >= 11 is 4.23. The van der Waals surface area contributed by atoms with Gasteiger partial charge >= 0.3 is 0 Å². The molecule has 1 aliphatic heterocycles. The average Bonchev–Trinajstić information content (AvgIpc) is 2.81. The van der Waals surface area contributed by atoms with E-state index in [0.717, 1.165) is 48.0 Å². The van der Waals surface area contributed by atoms with E-state index >= 15 is 0 Å². The number of ether oxygens (including phenoxy) is 1. The molecule has 4 rings (SSSR count). The number of nitrogen functional groups attached to an aromatic ring is 1. The van der Waals surface area contributed by atoms with Gasteiger partial charge in [-0.1, -0.05) is 12.1 Å². The molecule has 1 heterocycles. The molecule has 1 saturated heterocycles. The molecule has 5 N–H and O–H groups in total. The number of benzene rings is 3. The number of piperazine rings is 1. The third-order valence-electron chi connectivity index (χ3n) is 5.03. The minimum atomic E-state index is 0.179. The van der Waals surface area contributed by atoms with E-state index in [2.05, 4.69) is 40.3 Å². The van der Waals surface area contributed by atoms with Crippen LogP contribution in [0.3, 0.4) is 0 Å². The zero-order chi connectivity index (χ0) is 22.1. The predicted octanol–water partition coefficient (Wildman–Crippen LogP) is 3.98. The fourth-order valence-corrected chi connectivity index (χ4v) is 3.41. The molecule has 0 radical (unpaired) electrons. The molecular weight excluding hydrogens is 408 g/mol. The number of anilines is 3. The Labute approximate surface area is 189 Å². The number of para-hydroxylation sites is 1. The van der Waals surface area contributed by atoms with E-state index in [1.165, 1.54) is 12.8 Å². The van der Waals surface area contributed by atoms with Gasteiger partial charge in [0.1, 0.15) is 0 Å². The van der Waals surface area contributed by atoms with Gasteiger partial charge < -0.3 is 31.1 Å². The number of methoxy groups -OCH3 is 1.